The molecule has 0 atom stereocenters. The number of halogens is 1. The van der Waals surface area contributed by atoms with Gasteiger partial charge in [-0.15, -0.1) is 0 Å². The van der Waals surface area contributed by atoms with Gasteiger partial charge in [-0.25, -0.2) is 0 Å². The first-order valence-electron chi connectivity index (χ1n) is 5.10. The Kier molecular flexibility index (Phi) is 5.63. The summed E-state index contributed by atoms with van der Waals surface area (Å²) in [5.74, 6) is 0. The van der Waals surface area contributed by atoms with Gasteiger partial charge in [-0.1, -0.05) is 15.9 Å². The van der Waals surface area contributed by atoms with Crippen molar-refractivity contribution in [2.45, 2.75) is 45.8 Å². The number of hydrogen-bond donors (Lipinski definition) is 0. The van der Waals surface area contributed by atoms with Crippen LogP contribution in [0.2, 0.25) is 0 Å². The second kappa shape index (κ2) is 5.47. The summed E-state index contributed by atoms with van der Waals surface area (Å²) < 4.78 is 5.68. The lowest BCUT2D eigenvalue weighted by atomic mass is 10.1. The second-order valence-electron chi connectivity index (χ2n) is 5.33. The van der Waals surface area contributed by atoms with Crippen LogP contribution >= 0.6 is 15.9 Å². The van der Waals surface area contributed by atoms with E-state index < -0.39 is 0 Å². The van der Waals surface area contributed by atoms with Crippen LogP contribution in [0, 0.1) is 0 Å². The minimum Gasteiger partial charge on any atom is -0.375 e. The van der Waals surface area contributed by atoms with Crippen LogP contribution in [0.4, 0.5) is 0 Å². The molecule has 0 radical (unpaired) electrons. The highest BCUT2D eigenvalue weighted by molar-refractivity contribution is 9.09. The Bertz CT molecular complexity index is 163. The Morgan fingerprint density at radius 1 is 1.14 bits per heavy atom. The standard InChI is InChI=1S/C11H24BrNO/c1-10(2,3)14-8-7-13(6)11(4,5)9-12/h7-9H2,1-6H3. The summed E-state index contributed by atoms with van der Waals surface area (Å²) in [5, 5.41) is 0.978. The fourth-order valence-corrected chi connectivity index (χ4v) is 1.32. The molecular weight excluding hydrogens is 242 g/mol. The van der Waals surface area contributed by atoms with Gasteiger partial charge in [0.1, 0.15) is 0 Å². The zero-order valence-corrected chi connectivity index (χ0v) is 11.9. The summed E-state index contributed by atoms with van der Waals surface area (Å²) >= 11 is 3.52. The quantitative estimate of drug-likeness (QED) is 0.709. The minimum absolute atomic E-state index is 0.0284. The molecule has 3 heteroatoms. The molecule has 2 nitrogen and oxygen atoms in total. The summed E-state index contributed by atoms with van der Waals surface area (Å²) in [5.41, 5.74) is 0.167. The lowest BCUT2D eigenvalue weighted by Gasteiger charge is -2.34. The molecule has 0 spiro atoms. The van der Waals surface area contributed by atoms with Crippen molar-refractivity contribution in [1.29, 1.82) is 0 Å². The highest BCUT2D eigenvalue weighted by Gasteiger charge is 2.22. The van der Waals surface area contributed by atoms with Crippen LogP contribution in [-0.4, -0.2) is 41.6 Å². The molecule has 0 aliphatic heterocycles. The summed E-state index contributed by atoms with van der Waals surface area (Å²) in [4.78, 5) is 2.31. The molecule has 0 fully saturated rings. The van der Waals surface area contributed by atoms with Crippen LogP contribution in [0.15, 0.2) is 0 Å². The van der Waals surface area contributed by atoms with Crippen LogP contribution in [-0.2, 0) is 4.74 Å². The number of hydrogen-bond acceptors (Lipinski definition) is 2. The van der Waals surface area contributed by atoms with Crippen molar-refractivity contribution < 1.29 is 4.74 Å². The van der Waals surface area contributed by atoms with Gasteiger partial charge >= 0.3 is 0 Å². The Hall–Kier alpha value is 0.400. The molecule has 0 rings (SSSR count). The Morgan fingerprint density at radius 2 is 1.64 bits per heavy atom. The van der Waals surface area contributed by atoms with Crippen molar-refractivity contribution >= 4 is 15.9 Å². The molecule has 0 aliphatic rings. The van der Waals surface area contributed by atoms with E-state index in [0.29, 0.717) is 0 Å². The van der Waals surface area contributed by atoms with Crippen molar-refractivity contribution in [1.82, 2.24) is 4.90 Å². The molecular formula is C11H24BrNO. The smallest absolute Gasteiger partial charge is 0.0600 e. The zero-order chi connectivity index (χ0) is 11.4. The van der Waals surface area contributed by atoms with Crippen LogP contribution in [0.5, 0.6) is 0 Å². The number of rotatable bonds is 5. The average Bonchev–Trinajstić information content (AvgIpc) is 2.02. The van der Waals surface area contributed by atoms with Crippen molar-refractivity contribution in [3.8, 4) is 0 Å². The predicted octanol–water partition coefficient (Wildman–Crippen LogP) is 2.91. The first-order chi connectivity index (χ1) is 6.19. The first-order valence-corrected chi connectivity index (χ1v) is 6.22. The van der Waals surface area contributed by atoms with E-state index >= 15 is 0 Å². The molecule has 0 aromatic carbocycles. The van der Waals surface area contributed by atoms with E-state index in [0.717, 1.165) is 18.5 Å². The third-order valence-corrected chi connectivity index (χ3v) is 3.69. The van der Waals surface area contributed by atoms with Crippen LogP contribution < -0.4 is 0 Å². The minimum atomic E-state index is -0.0284. The molecule has 0 N–H and O–H groups in total. The molecule has 0 aliphatic carbocycles. The lowest BCUT2D eigenvalue weighted by Crippen LogP contribution is -2.44. The fourth-order valence-electron chi connectivity index (χ4n) is 0.893. The maximum Gasteiger partial charge on any atom is 0.0600 e. The summed E-state index contributed by atoms with van der Waals surface area (Å²) in [6.45, 7) is 12.5. The summed E-state index contributed by atoms with van der Waals surface area (Å²) in [7, 11) is 2.13. The van der Waals surface area contributed by atoms with Gasteiger partial charge in [0.05, 0.1) is 12.2 Å². The van der Waals surface area contributed by atoms with Crippen LogP contribution in [0.25, 0.3) is 0 Å². The Labute approximate surface area is 97.1 Å². The Balaban J connectivity index is 3.80. The van der Waals surface area contributed by atoms with Crippen molar-refractivity contribution in [3.05, 3.63) is 0 Å². The van der Waals surface area contributed by atoms with Crippen LogP contribution in [0.3, 0.4) is 0 Å². The summed E-state index contributed by atoms with van der Waals surface area (Å²) in [6, 6.07) is 0. The predicted molar refractivity (Wildman–Crippen MR) is 66.2 cm³/mol. The highest BCUT2D eigenvalue weighted by Crippen LogP contribution is 2.15. The molecule has 0 amide bonds. The SMILES string of the molecule is CN(CCOC(C)(C)C)C(C)(C)CBr. The lowest BCUT2D eigenvalue weighted by molar-refractivity contribution is -0.0185. The molecule has 0 bridgehead atoms. The van der Waals surface area contributed by atoms with Gasteiger partial charge in [0, 0.05) is 17.4 Å². The van der Waals surface area contributed by atoms with Gasteiger partial charge in [0.25, 0.3) is 0 Å². The molecule has 0 aromatic rings. The molecule has 0 aromatic heterocycles. The third kappa shape index (κ3) is 5.99. The van der Waals surface area contributed by atoms with Crippen molar-refractivity contribution in [2.75, 3.05) is 25.5 Å². The highest BCUT2D eigenvalue weighted by atomic mass is 79.9. The van der Waals surface area contributed by atoms with Gasteiger partial charge in [-0.2, -0.15) is 0 Å². The average molecular weight is 266 g/mol. The van der Waals surface area contributed by atoms with Gasteiger partial charge in [-0.3, -0.25) is 4.90 Å². The molecule has 0 unspecified atom stereocenters. The van der Waals surface area contributed by atoms with Crippen LogP contribution in [0.1, 0.15) is 34.6 Å². The van der Waals surface area contributed by atoms with E-state index in [2.05, 4.69) is 62.5 Å². The summed E-state index contributed by atoms with van der Waals surface area (Å²) in [6.07, 6.45) is 0. The van der Waals surface area contributed by atoms with Gasteiger partial charge in [-0.05, 0) is 41.7 Å². The van der Waals surface area contributed by atoms with E-state index in [1.165, 1.54) is 0 Å². The third-order valence-electron chi connectivity index (χ3n) is 2.32. The monoisotopic (exact) mass is 265 g/mol. The van der Waals surface area contributed by atoms with E-state index in [1.807, 2.05) is 0 Å². The molecule has 0 saturated carbocycles. The zero-order valence-electron chi connectivity index (χ0n) is 10.4. The van der Waals surface area contributed by atoms with E-state index in [1.54, 1.807) is 0 Å². The van der Waals surface area contributed by atoms with Gasteiger partial charge in [0.2, 0.25) is 0 Å². The van der Waals surface area contributed by atoms with E-state index in [9.17, 15) is 0 Å². The number of alkyl halides is 1. The van der Waals surface area contributed by atoms with Gasteiger partial charge < -0.3 is 4.74 Å². The largest absolute Gasteiger partial charge is 0.375 e. The second-order valence-corrected chi connectivity index (χ2v) is 5.89. The molecule has 0 heterocycles. The maximum absolute atomic E-state index is 5.68. The van der Waals surface area contributed by atoms with E-state index in [4.69, 9.17) is 4.74 Å². The number of nitrogens with zero attached hydrogens (tertiary/aromatic N) is 1. The van der Waals surface area contributed by atoms with Crippen molar-refractivity contribution in [2.24, 2.45) is 0 Å². The van der Waals surface area contributed by atoms with Crippen molar-refractivity contribution in [3.63, 3.8) is 0 Å². The normalized spacial score (nSPS) is 13.7. The number of ether oxygens (including phenoxy) is 1. The molecule has 14 heavy (non-hydrogen) atoms. The first kappa shape index (κ1) is 14.4. The number of likely N-dealkylation sites (N-methyl/N-ethyl adjacent to an activating group) is 1. The van der Waals surface area contributed by atoms with Gasteiger partial charge in [0.15, 0.2) is 0 Å². The molecule has 86 valence electrons. The maximum atomic E-state index is 5.68. The van der Waals surface area contributed by atoms with E-state index in [-0.39, 0.29) is 11.1 Å². The topological polar surface area (TPSA) is 12.5 Å². The Morgan fingerprint density at radius 3 is 2.00 bits per heavy atom. The molecule has 0 saturated heterocycles. The fraction of sp³-hybridized carbons (Fsp3) is 1.00.